The number of carbonyl (C=O) groups is 2. The van der Waals surface area contributed by atoms with Crippen molar-refractivity contribution < 1.29 is 23.5 Å². The van der Waals surface area contributed by atoms with Crippen molar-refractivity contribution in [2.75, 3.05) is 18.0 Å². The molecule has 178 valence electrons. The topological polar surface area (TPSA) is 72.9 Å². The molecule has 0 unspecified atom stereocenters. The van der Waals surface area contributed by atoms with Crippen molar-refractivity contribution in [3.05, 3.63) is 61.6 Å². The lowest BCUT2D eigenvalue weighted by Crippen LogP contribution is -2.45. The molecule has 2 N–H and O–H groups in total. The average molecular weight is 612 g/mol. The maximum atomic E-state index is 13.6. The summed E-state index contributed by atoms with van der Waals surface area (Å²) in [5.41, 5.74) is 0.505. The zero-order valence-corrected chi connectivity index (χ0v) is 21.1. The van der Waals surface area contributed by atoms with Crippen molar-refractivity contribution in [1.29, 1.82) is 0 Å². The van der Waals surface area contributed by atoms with Crippen LogP contribution in [0.25, 0.3) is 0 Å². The molecule has 2 aliphatic rings. The van der Waals surface area contributed by atoms with Gasteiger partial charge in [0.25, 0.3) is 0 Å². The van der Waals surface area contributed by atoms with Gasteiger partial charge >= 0.3 is 12.1 Å². The summed E-state index contributed by atoms with van der Waals surface area (Å²) in [7, 11) is 0. The van der Waals surface area contributed by atoms with E-state index in [-0.39, 0.29) is 34.0 Å². The zero-order valence-electron chi connectivity index (χ0n) is 17.4. The fraction of sp³-hybridized carbons (Fsp3) is 0.364. The van der Waals surface area contributed by atoms with Gasteiger partial charge in [0.15, 0.2) is 0 Å². The van der Waals surface area contributed by atoms with Gasteiger partial charge in [0.1, 0.15) is 11.6 Å². The van der Waals surface area contributed by atoms with E-state index in [1.165, 1.54) is 18.2 Å². The molecular formula is C22H22Cl2F2IN3O3. The minimum absolute atomic E-state index is 0.0338. The third-order valence-electron chi connectivity index (χ3n) is 5.60. The van der Waals surface area contributed by atoms with Gasteiger partial charge in [0.05, 0.1) is 10.0 Å². The average Bonchev–Trinajstić information content (AvgIpc) is 3.15. The summed E-state index contributed by atoms with van der Waals surface area (Å²) in [5.74, 6) is -0.899. The third-order valence-corrected chi connectivity index (χ3v) is 6.89. The highest BCUT2D eigenvalue weighted by atomic mass is 127. The van der Waals surface area contributed by atoms with Gasteiger partial charge in [0.2, 0.25) is 0 Å². The van der Waals surface area contributed by atoms with Crippen LogP contribution in [0.3, 0.4) is 0 Å². The Balaban J connectivity index is 0.000000286. The van der Waals surface area contributed by atoms with Crippen molar-refractivity contribution in [3.63, 3.8) is 0 Å². The summed E-state index contributed by atoms with van der Waals surface area (Å²) in [6.45, 7) is 1.10. The predicted octanol–water partition coefficient (Wildman–Crippen LogP) is 6.38. The van der Waals surface area contributed by atoms with Crippen LogP contribution in [0.4, 0.5) is 24.1 Å². The summed E-state index contributed by atoms with van der Waals surface area (Å²) in [6, 6.07) is 8.98. The Bertz CT molecular complexity index is 1020. The Morgan fingerprint density at radius 3 is 2.15 bits per heavy atom. The third kappa shape index (κ3) is 6.83. The van der Waals surface area contributed by atoms with Crippen molar-refractivity contribution in [3.8, 4) is 0 Å². The molecule has 0 aromatic heterocycles. The number of nitrogens with one attached hydrogen (secondary N) is 1. The van der Waals surface area contributed by atoms with E-state index < -0.39 is 11.9 Å². The lowest BCUT2D eigenvalue weighted by Gasteiger charge is -2.34. The molecule has 0 radical (unpaired) electrons. The van der Waals surface area contributed by atoms with Crippen LogP contribution in [0.5, 0.6) is 0 Å². The maximum absolute atomic E-state index is 13.6. The molecule has 6 nitrogen and oxygen atoms in total. The summed E-state index contributed by atoms with van der Waals surface area (Å²) in [6.07, 6.45) is 1.96. The molecule has 2 fully saturated rings. The number of benzene rings is 2. The molecule has 1 saturated carbocycles. The molecule has 4 rings (SSSR count). The van der Waals surface area contributed by atoms with E-state index in [1.807, 2.05) is 27.5 Å². The Morgan fingerprint density at radius 1 is 1.00 bits per heavy atom. The molecule has 0 bridgehead atoms. The molecule has 1 heterocycles. The quantitative estimate of drug-likeness (QED) is 0.312. The summed E-state index contributed by atoms with van der Waals surface area (Å²) in [5, 5.41) is 11.5. The first-order valence-corrected chi connectivity index (χ1v) is 12.1. The Labute approximate surface area is 214 Å². The highest BCUT2D eigenvalue weighted by molar-refractivity contribution is 14.1. The van der Waals surface area contributed by atoms with E-state index in [0.29, 0.717) is 18.8 Å². The molecule has 1 saturated heterocycles. The Hall–Kier alpha value is -1.85. The molecule has 2 aromatic rings. The van der Waals surface area contributed by atoms with Crippen LogP contribution in [0.15, 0.2) is 36.4 Å². The van der Waals surface area contributed by atoms with E-state index >= 15 is 0 Å². The van der Waals surface area contributed by atoms with Gasteiger partial charge in [-0.25, -0.2) is 18.4 Å². The van der Waals surface area contributed by atoms with Gasteiger partial charge in [-0.3, -0.25) is 4.90 Å². The Kier molecular flexibility index (Phi) is 9.00. The molecule has 33 heavy (non-hydrogen) atoms. The molecule has 3 amide bonds. The van der Waals surface area contributed by atoms with Crippen LogP contribution in [0.1, 0.15) is 25.7 Å². The fourth-order valence-corrected chi connectivity index (χ4v) is 4.65. The Morgan fingerprint density at radius 2 is 1.61 bits per heavy atom. The molecule has 1 aliphatic heterocycles. The van der Waals surface area contributed by atoms with E-state index in [0.717, 1.165) is 29.3 Å². The van der Waals surface area contributed by atoms with E-state index in [2.05, 4.69) is 5.32 Å². The maximum Gasteiger partial charge on any atom is 0.404 e. The minimum Gasteiger partial charge on any atom is -0.465 e. The molecule has 0 atom stereocenters. The smallest absolute Gasteiger partial charge is 0.404 e. The molecular weight excluding hydrogens is 590 g/mol. The summed E-state index contributed by atoms with van der Waals surface area (Å²) >= 11 is 13.1. The van der Waals surface area contributed by atoms with E-state index in [4.69, 9.17) is 28.3 Å². The molecule has 1 aliphatic carbocycles. The first-order valence-electron chi connectivity index (χ1n) is 10.3. The van der Waals surface area contributed by atoms with Crippen LogP contribution in [-0.2, 0) is 0 Å². The van der Waals surface area contributed by atoms with Gasteiger partial charge in [-0.2, -0.15) is 0 Å². The van der Waals surface area contributed by atoms with Crippen LogP contribution in [0.2, 0.25) is 10.0 Å². The monoisotopic (exact) mass is 611 g/mol. The number of urea groups is 1. The first kappa shape index (κ1) is 25.8. The van der Waals surface area contributed by atoms with Crippen molar-refractivity contribution in [2.24, 2.45) is 0 Å². The number of amides is 3. The second kappa shape index (κ2) is 11.5. The van der Waals surface area contributed by atoms with Gasteiger partial charge in [0, 0.05) is 34.4 Å². The number of anilines is 1. The van der Waals surface area contributed by atoms with Crippen molar-refractivity contribution in [2.45, 2.75) is 37.8 Å². The minimum atomic E-state index is -1.01. The van der Waals surface area contributed by atoms with Crippen LogP contribution in [0, 0.1) is 15.2 Å². The van der Waals surface area contributed by atoms with Gasteiger partial charge < -0.3 is 15.3 Å². The van der Waals surface area contributed by atoms with Crippen molar-refractivity contribution >= 4 is 63.6 Å². The van der Waals surface area contributed by atoms with Gasteiger partial charge in [-0.1, -0.05) is 23.2 Å². The van der Waals surface area contributed by atoms with Gasteiger partial charge in [-0.05, 0) is 84.7 Å². The first-order chi connectivity index (χ1) is 15.7. The number of hydrogen-bond donors (Lipinski definition) is 2. The summed E-state index contributed by atoms with van der Waals surface area (Å²) < 4.78 is 26.9. The molecule has 2 aromatic carbocycles. The zero-order chi connectivity index (χ0) is 24.1. The van der Waals surface area contributed by atoms with Crippen molar-refractivity contribution in [1.82, 2.24) is 10.2 Å². The lowest BCUT2D eigenvalue weighted by molar-refractivity contribution is 0.162. The number of carbonyl (C=O) groups excluding carboxylic acids is 1. The van der Waals surface area contributed by atoms with E-state index in [1.54, 1.807) is 23.1 Å². The largest absolute Gasteiger partial charge is 0.465 e. The normalized spacial score (nSPS) is 20.3. The van der Waals surface area contributed by atoms with E-state index in [9.17, 15) is 18.4 Å². The number of carboxylic acid groups (broad SMARTS) is 1. The standard InChI is InChI=1S/C16H19ClFN3O3.C6H3ClFI/c17-13-6-5-12(9-14(13)18)21-8-7-20(16(21)24)11-3-1-10(2-4-11)19-15(22)23;7-5-2-1-4(9)3-6(5)8/h5-6,9-11,19H,1-4,7-8H2,(H,22,23);1-3H. The number of nitrogens with zero attached hydrogens (tertiary/aromatic N) is 2. The van der Waals surface area contributed by atoms with Crippen LogP contribution < -0.4 is 10.2 Å². The second-order valence-electron chi connectivity index (χ2n) is 7.74. The predicted molar refractivity (Wildman–Crippen MR) is 132 cm³/mol. The highest BCUT2D eigenvalue weighted by Gasteiger charge is 2.36. The fourth-order valence-electron chi connectivity index (χ4n) is 3.96. The lowest BCUT2D eigenvalue weighted by atomic mass is 9.90. The molecule has 11 heteroatoms. The SMILES string of the molecule is Fc1cc(I)ccc1Cl.O=C(O)NC1CCC(N2CCN(c3ccc(Cl)c(F)c3)C2=O)CC1. The van der Waals surface area contributed by atoms with Crippen LogP contribution in [-0.4, -0.2) is 47.3 Å². The molecule has 0 spiro atoms. The number of rotatable bonds is 3. The number of halogens is 5. The second-order valence-corrected chi connectivity index (χ2v) is 9.80. The van der Waals surface area contributed by atoms with Crippen LogP contribution >= 0.6 is 45.8 Å². The summed E-state index contributed by atoms with van der Waals surface area (Å²) in [4.78, 5) is 26.7. The highest BCUT2D eigenvalue weighted by Crippen LogP contribution is 2.30. The number of hydrogen-bond acceptors (Lipinski definition) is 2. The van der Waals surface area contributed by atoms with Gasteiger partial charge in [-0.15, -0.1) is 0 Å².